The van der Waals surface area contributed by atoms with E-state index in [4.69, 9.17) is 9.47 Å². The van der Waals surface area contributed by atoms with Gasteiger partial charge in [0, 0.05) is 11.8 Å². The van der Waals surface area contributed by atoms with Crippen LogP contribution in [-0.2, 0) is 4.79 Å². The number of nitrogens with one attached hydrogen (secondary N) is 2. The van der Waals surface area contributed by atoms with Crippen LogP contribution >= 0.6 is 11.3 Å². The summed E-state index contributed by atoms with van der Waals surface area (Å²) in [7, 11) is 1.50. The zero-order chi connectivity index (χ0) is 19.9. The third-order valence-corrected chi connectivity index (χ3v) is 4.74. The van der Waals surface area contributed by atoms with Crippen LogP contribution in [0.3, 0.4) is 0 Å². The molecular weight excluding hydrogens is 376 g/mol. The monoisotopic (exact) mass is 396 g/mol. The van der Waals surface area contributed by atoms with Crippen molar-refractivity contribution in [1.82, 2.24) is 0 Å². The fraction of sp³-hybridized carbons (Fsp3) is 0.143. The molecule has 0 bridgehead atoms. The number of carbonyl (C=O) groups excluding carboxylic acids is 2. The smallest absolute Gasteiger partial charge is 0.265 e. The first-order valence-corrected chi connectivity index (χ1v) is 9.45. The second kappa shape index (κ2) is 9.05. The van der Waals surface area contributed by atoms with Gasteiger partial charge in [0.2, 0.25) is 0 Å². The first-order chi connectivity index (χ1) is 13.5. The number of carbonyl (C=O) groups is 2. The van der Waals surface area contributed by atoms with Gasteiger partial charge in [0.15, 0.2) is 6.61 Å². The molecule has 0 aliphatic heterocycles. The lowest BCUT2D eigenvalue weighted by Gasteiger charge is -2.12. The quantitative estimate of drug-likeness (QED) is 0.623. The van der Waals surface area contributed by atoms with Crippen LogP contribution in [0.4, 0.5) is 11.4 Å². The predicted octanol–water partition coefficient (Wildman–Crippen LogP) is 4.33. The molecule has 144 valence electrons. The van der Waals surface area contributed by atoms with Crippen LogP contribution in [-0.4, -0.2) is 25.5 Å². The summed E-state index contributed by atoms with van der Waals surface area (Å²) < 4.78 is 10.8. The summed E-state index contributed by atoms with van der Waals surface area (Å²) in [6.45, 7) is 1.87. The predicted molar refractivity (Wildman–Crippen MR) is 111 cm³/mol. The van der Waals surface area contributed by atoms with Crippen molar-refractivity contribution in [3.8, 4) is 11.5 Å². The molecule has 0 aliphatic carbocycles. The Bertz CT molecular complexity index is 953. The Morgan fingerprint density at radius 1 is 1.04 bits per heavy atom. The molecule has 0 unspecified atom stereocenters. The minimum atomic E-state index is -0.294. The third kappa shape index (κ3) is 5.11. The van der Waals surface area contributed by atoms with Crippen molar-refractivity contribution in [2.45, 2.75) is 6.92 Å². The Morgan fingerprint density at radius 2 is 1.82 bits per heavy atom. The summed E-state index contributed by atoms with van der Waals surface area (Å²) in [4.78, 5) is 24.9. The zero-order valence-corrected chi connectivity index (χ0v) is 16.3. The van der Waals surface area contributed by atoms with Gasteiger partial charge < -0.3 is 20.1 Å². The Kier molecular flexibility index (Phi) is 6.29. The van der Waals surface area contributed by atoms with E-state index in [1.54, 1.807) is 24.3 Å². The number of benzene rings is 2. The molecule has 28 heavy (non-hydrogen) atoms. The van der Waals surface area contributed by atoms with Crippen molar-refractivity contribution in [3.63, 3.8) is 0 Å². The molecule has 0 radical (unpaired) electrons. The van der Waals surface area contributed by atoms with Crippen LogP contribution < -0.4 is 20.1 Å². The van der Waals surface area contributed by atoms with E-state index in [9.17, 15) is 9.59 Å². The SMILES string of the molecule is COc1cc(NC(=O)COc2ccc(C)cc2)ccc1NC(=O)c1cccs1. The lowest BCUT2D eigenvalue weighted by atomic mass is 10.2. The fourth-order valence-electron chi connectivity index (χ4n) is 2.44. The molecule has 0 fully saturated rings. The molecule has 0 saturated carbocycles. The van der Waals surface area contributed by atoms with Gasteiger partial charge in [0.05, 0.1) is 17.7 Å². The van der Waals surface area contributed by atoms with Gasteiger partial charge in [-0.25, -0.2) is 0 Å². The lowest BCUT2D eigenvalue weighted by molar-refractivity contribution is -0.118. The largest absolute Gasteiger partial charge is 0.494 e. The number of aryl methyl sites for hydroxylation is 1. The number of anilines is 2. The molecule has 0 atom stereocenters. The maximum Gasteiger partial charge on any atom is 0.265 e. The number of methoxy groups -OCH3 is 1. The minimum Gasteiger partial charge on any atom is -0.494 e. The van der Waals surface area contributed by atoms with Crippen molar-refractivity contribution in [2.24, 2.45) is 0 Å². The number of ether oxygens (including phenoxy) is 2. The van der Waals surface area contributed by atoms with Crippen LogP contribution in [0.25, 0.3) is 0 Å². The van der Waals surface area contributed by atoms with Crippen LogP contribution in [0.1, 0.15) is 15.2 Å². The number of amides is 2. The van der Waals surface area contributed by atoms with E-state index in [0.717, 1.165) is 5.56 Å². The van der Waals surface area contributed by atoms with Gasteiger partial charge in [-0.05, 0) is 42.6 Å². The summed E-state index contributed by atoms with van der Waals surface area (Å²) in [5, 5.41) is 7.39. The van der Waals surface area contributed by atoms with Gasteiger partial charge in [0.1, 0.15) is 11.5 Å². The van der Waals surface area contributed by atoms with Gasteiger partial charge in [-0.1, -0.05) is 23.8 Å². The summed E-state index contributed by atoms with van der Waals surface area (Å²) >= 11 is 1.36. The molecule has 0 saturated heterocycles. The number of hydrogen-bond acceptors (Lipinski definition) is 5. The Hall–Kier alpha value is -3.32. The van der Waals surface area contributed by atoms with E-state index >= 15 is 0 Å². The highest BCUT2D eigenvalue weighted by Crippen LogP contribution is 2.28. The van der Waals surface area contributed by atoms with Crippen molar-refractivity contribution in [1.29, 1.82) is 0 Å². The van der Waals surface area contributed by atoms with Crippen molar-refractivity contribution in [2.75, 3.05) is 24.4 Å². The number of thiophene rings is 1. The maximum atomic E-state index is 12.2. The first kappa shape index (κ1) is 19.4. The number of rotatable bonds is 7. The molecular formula is C21H20N2O4S. The van der Waals surface area contributed by atoms with Gasteiger partial charge >= 0.3 is 0 Å². The second-order valence-corrected chi connectivity index (χ2v) is 6.94. The molecule has 3 aromatic rings. The van der Waals surface area contributed by atoms with Crippen LogP contribution in [0.5, 0.6) is 11.5 Å². The average Bonchev–Trinajstić information content (AvgIpc) is 3.23. The molecule has 3 rings (SSSR count). The molecule has 0 spiro atoms. The topological polar surface area (TPSA) is 76.7 Å². The van der Waals surface area contributed by atoms with E-state index in [1.807, 2.05) is 42.6 Å². The highest BCUT2D eigenvalue weighted by molar-refractivity contribution is 7.12. The molecule has 2 aromatic carbocycles. The second-order valence-electron chi connectivity index (χ2n) is 6.00. The molecule has 0 aliphatic rings. The molecule has 1 aromatic heterocycles. The van der Waals surface area contributed by atoms with Crippen molar-refractivity contribution < 1.29 is 19.1 Å². The maximum absolute atomic E-state index is 12.2. The fourth-order valence-corrected chi connectivity index (χ4v) is 3.06. The summed E-state index contributed by atoms with van der Waals surface area (Å²) in [6.07, 6.45) is 0. The van der Waals surface area contributed by atoms with Gasteiger partial charge in [0.25, 0.3) is 11.8 Å². The Balaban J connectivity index is 1.60. The van der Waals surface area contributed by atoms with E-state index in [2.05, 4.69) is 10.6 Å². The normalized spacial score (nSPS) is 10.2. The van der Waals surface area contributed by atoms with E-state index in [1.165, 1.54) is 18.4 Å². The lowest BCUT2D eigenvalue weighted by Crippen LogP contribution is -2.20. The minimum absolute atomic E-state index is 0.109. The molecule has 2 N–H and O–H groups in total. The Morgan fingerprint density at radius 3 is 2.50 bits per heavy atom. The van der Waals surface area contributed by atoms with Crippen LogP contribution in [0.2, 0.25) is 0 Å². The molecule has 1 heterocycles. The van der Waals surface area contributed by atoms with Crippen LogP contribution in [0.15, 0.2) is 60.0 Å². The Labute approximate surface area is 167 Å². The van der Waals surface area contributed by atoms with Crippen LogP contribution in [0, 0.1) is 6.92 Å². The highest BCUT2D eigenvalue weighted by atomic mass is 32.1. The first-order valence-electron chi connectivity index (χ1n) is 8.57. The van der Waals surface area contributed by atoms with Gasteiger partial charge in [-0.3, -0.25) is 9.59 Å². The third-order valence-electron chi connectivity index (χ3n) is 3.87. The van der Waals surface area contributed by atoms with E-state index in [0.29, 0.717) is 27.8 Å². The summed E-state index contributed by atoms with van der Waals surface area (Å²) in [5.74, 6) is 0.571. The molecule has 7 heteroatoms. The van der Waals surface area contributed by atoms with E-state index < -0.39 is 0 Å². The molecule has 2 amide bonds. The van der Waals surface area contributed by atoms with Crippen molar-refractivity contribution in [3.05, 3.63) is 70.4 Å². The molecule has 6 nitrogen and oxygen atoms in total. The highest BCUT2D eigenvalue weighted by Gasteiger charge is 2.12. The number of hydrogen-bond donors (Lipinski definition) is 2. The summed E-state index contributed by atoms with van der Waals surface area (Å²) in [6, 6.07) is 16.0. The zero-order valence-electron chi connectivity index (χ0n) is 15.5. The van der Waals surface area contributed by atoms with E-state index in [-0.39, 0.29) is 18.4 Å². The summed E-state index contributed by atoms with van der Waals surface area (Å²) in [5.41, 5.74) is 2.19. The van der Waals surface area contributed by atoms with Gasteiger partial charge in [-0.15, -0.1) is 11.3 Å². The standard InChI is InChI=1S/C21H20N2O4S/c1-14-5-8-16(9-6-14)27-13-20(24)22-15-7-10-17(18(12-15)26-2)23-21(25)19-4-3-11-28-19/h3-12H,13H2,1-2H3,(H,22,24)(H,23,25). The average molecular weight is 396 g/mol. The van der Waals surface area contributed by atoms with Gasteiger partial charge in [-0.2, -0.15) is 0 Å². The van der Waals surface area contributed by atoms with Crippen molar-refractivity contribution >= 4 is 34.5 Å².